The third-order valence-electron chi connectivity index (χ3n) is 4.17. The van der Waals surface area contributed by atoms with Gasteiger partial charge in [-0.15, -0.1) is 0 Å². The maximum atomic E-state index is 12.0. The Kier molecular flexibility index (Phi) is 5.79. The van der Waals surface area contributed by atoms with E-state index in [0.717, 1.165) is 29.1 Å². The Morgan fingerprint density at radius 3 is 2.65 bits per heavy atom. The molecule has 5 nitrogen and oxygen atoms in total. The van der Waals surface area contributed by atoms with Gasteiger partial charge >= 0.3 is 0 Å². The predicted octanol–water partition coefficient (Wildman–Crippen LogP) is 2.34. The van der Waals surface area contributed by atoms with Crippen LogP contribution in [0.1, 0.15) is 28.9 Å². The number of hydrogen-bond acceptors (Lipinski definition) is 3. The molecule has 0 aliphatic rings. The smallest absolute Gasteiger partial charge is 0.220 e. The number of para-hydroxylation sites is 1. The molecule has 5 heteroatoms. The Morgan fingerprint density at radius 2 is 2.00 bits per heavy atom. The minimum absolute atomic E-state index is 0.0649. The second-order valence-electron chi connectivity index (χ2n) is 5.68. The number of aromatic nitrogens is 2. The van der Waals surface area contributed by atoms with Crippen LogP contribution in [-0.4, -0.2) is 29.3 Å². The average Bonchev–Trinajstić information content (AvgIpc) is 2.79. The van der Waals surface area contributed by atoms with Crippen LogP contribution < -0.4 is 10.1 Å². The van der Waals surface area contributed by atoms with Crippen molar-refractivity contribution in [3.63, 3.8) is 0 Å². The number of nitrogens with zero attached hydrogens (tertiary/aromatic N) is 2. The molecular weight excluding hydrogens is 290 g/mol. The molecule has 0 spiro atoms. The standard InChI is InChI=1S/C18H25N3O2/c1-13-16(14(2)21(3)20-13)11-12-19-18(22)10-9-15-7-5-6-8-17(15)23-4/h5-8H,9-12H2,1-4H3,(H,19,22). The molecule has 2 rings (SSSR count). The molecule has 0 atom stereocenters. The van der Waals surface area contributed by atoms with Crippen LogP contribution >= 0.6 is 0 Å². The van der Waals surface area contributed by atoms with Crippen molar-refractivity contribution in [2.75, 3.05) is 13.7 Å². The Hall–Kier alpha value is -2.30. The molecule has 0 aliphatic carbocycles. The van der Waals surface area contributed by atoms with Gasteiger partial charge < -0.3 is 10.1 Å². The maximum absolute atomic E-state index is 12.0. The molecule has 124 valence electrons. The third kappa shape index (κ3) is 4.34. The van der Waals surface area contributed by atoms with E-state index in [1.165, 1.54) is 5.56 Å². The Bertz CT molecular complexity index is 677. The first-order chi connectivity index (χ1) is 11.0. The number of aryl methyl sites for hydroxylation is 3. The molecule has 1 amide bonds. The van der Waals surface area contributed by atoms with Gasteiger partial charge in [0, 0.05) is 25.7 Å². The van der Waals surface area contributed by atoms with E-state index in [4.69, 9.17) is 4.74 Å². The molecular formula is C18H25N3O2. The van der Waals surface area contributed by atoms with Gasteiger partial charge in [-0.3, -0.25) is 9.48 Å². The lowest BCUT2D eigenvalue weighted by Gasteiger charge is -2.09. The second-order valence-corrected chi connectivity index (χ2v) is 5.68. The molecule has 0 saturated carbocycles. The highest BCUT2D eigenvalue weighted by atomic mass is 16.5. The topological polar surface area (TPSA) is 56.1 Å². The number of carbonyl (C=O) groups excluding carboxylic acids is 1. The van der Waals surface area contributed by atoms with Gasteiger partial charge in [-0.1, -0.05) is 18.2 Å². The Morgan fingerprint density at radius 1 is 1.26 bits per heavy atom. The van der Waals surface area contributed by atoms with Crippen LogP contribution in [0.2, 0.25) is 0 Å². The lowest BCUT2D eigenvalue weighted by atomic mass is 10.1. The second kappa shape index (κ2) is 7.81. The summed E-state index contributed by atoms with van der Waals surface area (Å²) >= 11 is 0. The summed E-state index contributed by atoms with van der Waals surface area (Å²) in [5.41, 5.74) is 4.47. The highest BCUT2D eigenvalue weighted by molar-refractivity contribution is 5.76. The van der Waals surface area contributed by atoms with E-state index in [0.29, 0.717) is 19.4 Å². The minimum Gasteiger partial charge on any atom is -0.496 e. The summed E-state index contributed by atoms with van der Waals surface area (Å²) in [5.74, 6) is 0.900. The van der Waals surface area contributed by atoms with Crippen molar-refractivity contribution in [2.24, 2.45) is 7.05 Å². The van der Waals surface area contributed by atoms with Crippen molar-refractivity contribution >= 4 is 5.91 Å². The summed E-state index contributed by atoms with van der Waals surface area (Å²) in [6, 6.07) is 7.81. The van der Waals surface area contributed by atoms with E-state index in [1.54, 1.807) is 7.11 Å². The minimum atomic E-state index is 0.0649. The number of carbonyl (C=O) groups is 1. The van der Waals surface area contributed by atoms with Gasteiger partial charge in [0.2, 0.25) is 5.91 Å². The van der Waals surface area contributed by atoms with E-state index in [9.17, 15) is 4.79 Å². The normalized spacial score (nSPS) is 10.6. The molecule has 1 aromatic heterocycles. The summed E-state index contributed by atoms with van der Waals surface area (Å²) in [5, 5.41) is 7.38. The molecule has 0 aliphatic heterocycles. The van der Waals surface area contributed by atoms with Gasteiger partial charge in [-0.25, -0.2) is 0 Å². The van der Waals surface area contributed by atoms with Gasteiger partial charge in [0.25, 0.3) is 0 Å². The fourth-order valence-electron chi connectivity index (χ4n) is 2.75. The van der Waals surface area contributed by atoms with Gasteiger partial charge in [0.05, 0.1) is 12.8 Å². The summed E-state index contributed by atoms with van der Waals surface area (Å²) in [7, 11) is 3.59. The van der Waals surface area contributed by atoms with E-state index in [-0.39, 0.29) is 5.91 Å². The van der Waals surface area contributed by atoms with Crippen LogP contribution in [-0.2, 0) is 24.7 Å². The number of amides is 1. The number of benzene rings is 1. The first-order valence-corrected chi connectivity index (χ1v) is 7.90. The van der Waals surface area contributed by atoms with Gasteiger partial charge in [0.1, 0.15) is 5.75 Å². The number of hydrogen-bond donors (Lipinski definition) is 1. The Balaban J connectivity index is 1.79. The van der Waals surface area contributed by atoms with Crippen molar-refractivity contribution in [3.05, 3.63) is 46.8 Å². The number of rotatable bonds is 7. The Labute approximate surface area is 137 Å². The van der Waals surface area contributed by atoms with Crippen LogP contribution in [0.5, 0.6) is 5.75 Å². The first kappa shape index (κ1) is 17.1. The van der Waals surface area contributed by atoms with Crippen LogP contribution in [0.25, 0.3) is 0 Å². The molecule has 0 radical (unpaired) electrons. The third-order valence-corrected chi connectivity index (χ3v) is 4.17. The first-order valence-electron chi connectivity index (χ1n) is 7.90. The van der Waals surface area contributed by atoms with Gasteiger partial charge in [0.15, 0.2) is 0 Å². The summed E-state index contributed by atoms with van der Waals surface area (Å²) in [4.78, 5) is 12.0. The summed E-state index contributed by atoms with van der Waals surface area (Å²) < 4.78 is 7.19. The average molecular weight is 315 g/mol. The van der Waals surface area contributed by atoms with Crippen LogP contribution in [0.4, 0.5) is 0 Å². The van der Waals surface area contributed by atoms with Crippen molar-refractivity contribution in [3.8, 4) is 5.75 Å². The molecule has 0 fully saturated rings. The van der Waals surface area contributed by atoms with Crippen LogP contribution in [0, 0.1) is 13.8 Å². The molecule has 0 unspecified atom stereocenters. The molecule has 1 N–H and O–H groups in total. The quantitative estimate of drug-likeness (QED) is 0.853. The SMILES string of the molecule is COc1ccccc1CCC(=O)NCCc1c(C)nn(C)c1C. The van der Waals surface area contributed by atoms with Crippen LogP contribution in [0.3, 0.4) is 0 Å². The molecule has 0 saturated heterocycles. The zero-order valence-electron chi connectivity index (χ0n) is 14.3. The summed E-state index contributed by atoms with van der Waals surface area (Å²) in [6.45, 7) is 4.70. The maximum Gasteiger partial charge on any atom is 0.220 e. The van der Waals surface area contributed by atoms with Crippen molar-refractivity contribution < 1.29 is 9.53 Å². The number of nitrogens with one attached hydrogen (secondary N) is 1. The van der Waals surface area contributed by atoms with E-state index in [2.05, 4.69) is 17.3 Å². The molecule has 2 aromatic rings. The predicted molar refractivity (Wildman–Crippen MR) is 90.7 cm³/mol. The zero-order valence-corrected chi connectivity index (χ0v) is 14.3. The van der Waals surface area contributed by atoms with E-state index < -0.39 is 0 Å². The lowest BCUT2D eigenvalue weighted by molar-refractivity contribution is -0.121. The number of ether oxygens (including phenoxy) is 1. The van der Waals surface area contributed by atoms with Gasteiger partial charge in [-0.05, 0) is 43.9 Å². The monoisotopic (exact) mass is 315 g/mol. The molecule has 0 bridgehead atoms. The fourth-order valence-corrected chi connectivity index (χ4v) is 2.75. The van der Waals surface area contributed by atoms with Crippen molar-refractivity contribution in [1.29, 1.82) is 0 Å². The number of methoxy groups -OCH3 is 1. The van der Waals surface area contributed by atoms with E-state index >= 15 is 0 Å². The molecule has 23 heavy (non-hydrogen) atoms. The fraction of sp³-hybridized carbons (Fsp3) is 0.444. The summed E-state index contributed by atoms with van der Waals surface area (Å²) in [6.07, 6.45) is 1.96. The van der Waals surface area contributed by atoms with Crippen molar-refractivity contribution in [1.82, 2.24) is 15.1 Å². The van der Waals surface area contributed by atoms with E-state index in [1.807, 2.05) is 42.9 Å². The lowest BCUT2D eigenvalue weighted by Crippen LogP contribution is -2.26. The van der Waals surface area contributed by atoms with Crippen molar-refractivity contribution in [2.45, 2.75) is 33.1 Å². The highest BCUT2D eigenvalue weighted by Gasteiger charge is 2.10. The highest BCUT2D eigenvalue weighted by Crippen LogP contribution is 2.18. The largest absolute Gasteiger partial charge is 0.496 e. The van der Waals surface area contributed by atoms with Crippen LogP contribution in [0.15, 0.2) is 24.3 Å². The zero-order chi connectivity index (χ0) is 16.8. The molecule has 1 heterocycles. The van der Waals surface area contributed by atoms with Gasteiger partial charge in [-0.2, -0.15) is 5.10 Å². The molecule has 1 aromatic carbocycles.